The molecule has 2 fully saturated rings. The number of halogens is 1. The maximum Gasteiger partial charge on any atom is 0.414 e. The lowest BCUT2D eigenvalue weighted by Gasteiger charge is -2.19. The fourth-order valence-corrected chi connectivity index (χ4v) is 3.01. The number of benzene rings is 1. The van der Waals surface area contributed by atoms with Gasteiger partial charge < -0.3 is 15.8 Å². The Bertz CT molecular complexity index is 888. The van der Waals surface area contributed by atoms with Gasteiger partial charge in [0.2, 0.25) is 5.91 Å². The van der Waals surface area contributed by atoms with Crippen LogP contribution in [0.5, 0.6) is 0 Å². The average molecular weight is 344 g/mol. The van der Waals surface area contributed by atoms with Crippen molar-refractivity contribution >= 4 is 40.0 Å². The number of fused-ring (bicyclic) bond motifs is 1. The van der Waals surface area contributed by atoms with E-state index >= 15 is 0 Å². The number of nitrogen functional groups attached to an aromatic ring is 1. The standard InChI is InChI=1S/C17H17FN4O3/c1-8-7-25-17(24)22(8)10-2-9-3-15(20-6-12(9)14(19)4-10)21-16(23)11-5-13(11)18/h2-4,6,8,11,13H,5,7,19H2,1H3,(H,20,21,23)/t8-,11?,13?/m0/s1. The van der Waals surface area contributed by atoms with Crippen molar-refractivity contribution in [2.75, 3.05) is 22.6 Å². The van der Waals surface area contributed by atoms with E-state index in [0.717, 1.165) is 5.39 Å². The number of hydrogen-bond acceptors (Lipinski definition) is 5. The first-order valence-electron chi connectivity index (χ1n) is 8.04. The van der Waals surface area contributed by atoms with E-state index in [4.69, 9.17) is 10.5 Å². The van der Waals surface area contributed by atoms with Gasteiger partial charge in [-0.25, -0.2) is 14.2 Å². The van der Waals surface area contributed by atoms with Crippen LogP contribution in [-0.4, -0.2) is 35.8 Å². The number of aromatic nitrogens is 1. The predicted octanol–water partition coefficient (Wildman–Crippen LogP) is 2.46. The first-order valence-corrected chi connectivity index (χ1v) is 8.04. The van der Waals surface area contributed by atoms with Crippen molar-refractivity contribution in [1.82, 2.24) is 4.98 Å². The Morgan fingerprint density at radius 2 is 2.20 bits per heavy atom. The summed E-state index contributed by atoms with van der Waals surface area (Å²) in [6, 6.07) is 5.06. The topological polar surface area (TPSA) is 97.6 Å². The van der Waals surface area contributed by atoms with Crippen LogP contribution in [0.4, 0.5) is 26.4 Å². The fourth-order valence-electron chi connectivity index (χ4n) is 3.01. The number of carbonyl (C=O) groups is 2. The molecule has 1 aliphatic heterocycles. The first kappa shape index (κ1) is 15.6. The van der Waals surface area contributed by atoms with E-state index in [0.29, 0.717) is 29.2 Å². The van der Waals surface area contributed by atoms with E-state index in [9.17, 15) is 14.0 Å². The van der Waals surface area contributed by atoms with Crippen molar-refractivity contribution < 1.29 is 18.7 Å². The summed E-state index contributed by atoms with van der Waals surface area (Å²) in [6.45, 7) is 2.20. The highest BCUT2D eigenvalue weighted by atomic mass is 19.1. The summed E-state index contributed by atoms with van der Waals surface area (Å²) in [5, 5.41) is 4.04. The number of cyclic esters (lactones) is 1. The van der Waals surface area contributed by atoms with Gasteiger partial charge in [0.05, 0.1) is 17.6 Å². The van der Waals surface area contributed by atoms with Gasteiger partial charge in [-0.3, -0.25) is 9.69 Å². The largest absolute Gasteiger partial charge is 0.447 e. The molecule has 2 amide bonds. The van der Waals surface area contributed by atoms with Crippen molar-refractivity contribution in [2.45, 2.75) is 25.6 Å². The highest BCUT2D eigenvalue weighted by Gasteiger charge is 2.43. The molecular weight excluding hydrogens is 327 g/mol. The summed E-state index contributed by atoms with van der Waals surface area (Å²) < 4.78 is 18.0. The number of anilines is 3. The molecular formula is C17H17FN4O3. The van der Waals surface area contributed by atoms with Crippen LogP contribution in [0.2, 0.25) is 0 Å². The van der Waals surface area contributed by atoms with E-state index in [1.54, 1.807) is 24.4 Å². The molecule has 3 atom stereocenters. The van der Waals surface area contributed by atoms with Crippen LogP contribution < -0.4 is 16.0 Å². The van der Waals surface area contributed by atoms with Gasteiger partial charge in [-0.2, -0.15) is 0 Å². The minimum Gasteiger partial charge on any atom is -0.447 e. The molecule has 1 aromatic carbocycles. The maximum atomic E-state index is 13.0. The van der Waals surface area contributed by atoms with Crippen LogP contribution in [0, 0.1) is 5.92 Å². The highest BCUT2D eigenvalue weighted by molar-refractivity contribution is 6.02. The van der Waals surface area contributed by atoms with Crippen molar-refractivity contribution in [1.29, 1.82) is 0 Å². The molecule has 1 saturated carbocycles. The molecule has 130 valence electrons. The lowest BCUT2D eigenvalue weighted by atomic mass is 10.1. The third kappa shape index (κ3) is 2.73. The Morgan fingerprint density at radius 3 is 2.84 bits per heavy atom. The zero-order valence-corrected chi connectivity index (χ0v) is 13.5. The van der Waals surface area contributed by atoms with Crippen molar-refractivity contribution in [3.05, 3.63) is 24.4 Å². The molecule has 7 nitrogen and oxygen atoms in total. The number of ether oxygens (including phenoxy) is 1. The number of carbonyl (C=O) groups excluding carboxylic acids is 2. The number of alkyl halides is 1. The Hall–Kier alpha value is -2.90. The van der Waals surface area contributed by atoms with E-state index in [2.05, 4.69) is 10.3 Å². The van der Waals surface area contributed by atoms with Gasteiger partial charge in [-0.15, -0.1) is 0 Å². The lowest BCUT2D eigenvalue weighted by molar-refractivity contribution is -0.117. The molecule has 1 saturated heterocycles. The van der Waals surface area contributed by atoms with Crippen molar-refractivity contribution in [2.24, 2.45) is 5.92 Å². The second-order valence-corrected chi connectivity index (χ2v) is 6.47. The molecule has 1 aliphatic carbocycles. The van der Waals surface area contributed by atoms with Crippen LogP contribution in [0.25, 0.3) is 10.8 Å². The van der Waals surface area contributed by atoms with Gasteiger partial charge in [0.25, 0.3) is 0 Å². The molecule has 0 radical (unpaired) electrons. The van der Waals surface area contributed by atoms with Crippen LogP contribution in [0.1, 0.15) is 13.3 Å². The monoisotopic (exact) mass is 344 g/mol. The third-order valence-electron chi connectivity index (χ3n) is 4.52. The second kappa shape index (κ2) is 5.58. The average Bonchev–Trinajstić information content (AvgIpc) is 3.20. The Kier molecular flexibility index (Phi) is 3.48. The predicted molar refractivity (Wildman–Crippen MR) is 91.1 cm³/mol. The van der Waals surface area contributed by atoms with E-state index in [1.807, 2.05) is 6.92 Å². The summed E-state index contributed by atoms with van der Waals surface area (Å²) >= 11 is 0. The van der Waals surface area contributed by atoms with Crippen LogP contribution in [0.3, 0.4) is 0 Å². The molecule has 1 aromatic heterocycles. The van der Waals surface area contributed by atoms with Crippen molar-refractivity contribution in [3.63, 3.8) is 0 Å². The van der Waals surface area contributed by atoms with Gasteiger partial charge in [0, 0.05) is 17.3 Å². The SMILES string of the molecule is C[C@H]1COC(=O)N1c1cc(N)c2cnc(NC(=O)C3CC3F)cc2c1. The maximum absolute atomic E-state index is 13.0. The normalized spacial score (nSPS) is 25.1. The quantitative estimate of drug-likeness (QED) is 0.834. The molecule has 8 heteroatoms. The second-order valence-electron chi connectivity index (χ2n) is 6.47. The highest BCUT2D eigenvalue weighted by Crippen LogP contribution is 2.35. The number of rotatable bonds is 3. The molecule has 25 heavy (non-hydrogen) atoms. The van der Waals surface area contributed by atoms with E-state index in [-0.39, 0.29) is 18.4 Å². The number of nitrogens with two attached hydrogens (primary N) is 1. The van der Waals surface area contributed by atoms with Gasteiger partial charge in [0.1, 0.15) is 18.6 Å². The third-order valence-corrected chi connectivity index (χ3v) is 4.52. The lowest BCUT2D eigenvalue weighted by Crippen LogP contribution is -2.30. The van der Waals surface area contributed by atoms with Gasteiger partial charge in [0.15, 0.2) is 0 Å². The summed E-state index contributed by atoms with van der Waals surface area (Å²) in [7, 11) is 0. The van der Waals surface area contributed by atoms with E-state index < -0.39 is 18.2 Å². The zero-order chi connectivity index (χ0) is 17.7. The number of pyridine rings is 1. The summed E-state index contributed by atoms with van der Waals surface area (Å²) in [6.07, 6.45) is 0.322. The Balaban J connectivity index is 1.68. The Morgan fingerprint density at radius 1 is 1.44 bits per heavy atom. The smallest absolute Gasteiger partial charge is 0.414 e. The summed E-state index contributed by atoms with van der Waals surface area (Å²) in [5.41, 5.74) is 7.18. The molecule has 2 unspecified atom stereocenters. The summed E-state index contributed by atoms with van der Waals surface area (Å²) in [5.74, 6) is -0.639. The Labute approximate surface area is 142 Å². The van der Waals surface area contributed by atoms with Crippen LogP contribution in [0.15, 0.2) is 24.4 Å². The zero-order valence-electron chi connectivity index (χ0n) is 13.5. The number of nitrogens with zero attached hydrogens (tertiary/aromatic N) is 2. The number of nitrogens with one attached hydrogen (secondary N) is 1. The van der Waals surface area contributed by atoms with E-state index in [1.165, 1.54) is 4.90 Å². The minimum atomic E-state index is -1.06. The molecule has 2 aromatic rings. The van der Waals surface area contributed by atoms with Gasteiger partial charge in [-0.05, 0) is 36.9 Å². The number of amides is 2. The minimum absolute atomic E-state index is 0.0956. The fraction of sp³-hybridized carbons (Fsp3) is 0.353. The molecule has 2 aliphatic rings. The number of hydrogen-bond donors (Lipinski definition) is 2. The summed E-state index contributed by atoms with van der Waals surface area (Å²) in [4.78, 5) is 29.5. The molecule has 0 bridgehead atoms. The van der Waals surface area contributed by atoms with Gasteiger partial charge in [-0.1, -0.05) is 0 Å². The van der Waals surface area contributed by atoms with Crippen LogP contribution in [-0.2, 0) is 9.53 Å². The molecule has 2 heterocycles. The molecule has 4 rings (SSSR count). The molecule has 0 spiro atoms. The van der Waals surface area contributed by atoms with Gasteiger partial charge >= 0.3 is 6.09 Å². The first-order chi connectivity index (χ1) is 11.9. The van der Waals surface area contributed by atoms with Crippen LogP contribution >= 0.6 is 0 Å². The molecule has 3 N–H and O–H groups in total. The van der Waals surface area contributed by atoms with Crippen molar-refractivity contribution in [3.8, 4) is 0 Å².